The van der Waals surface area contributed by atoms with Crippen molar-refractivity contribution in [3.63, 3.8) is 0 Å². The Morgan fingerprint density at radius 3 is 2.50 bits per heavy atom. The molecule has 0 aliphatic rings. The van der Waals surface area contributed by atoms with Gasteiger partial charge in [-0.1, -0.05) is 47.5 Å². The Kier molecular flexibility index (Phi) is 6.97. The molecule has 0 radical (unpaired) electrons. The number of hydrogen-bond donors (Lipinski definition) is 2. The highest BCUT2D eigenvalue weighted by atomic mass is 35.5. The molecular formula is C21H21ClN4O5S. The van der Waals surface area contributed by atoms with E-state index in [1.807, 2.05) is 31.2 Å². The summed E-state index contributed by atoms with van der Waals surface area (Å²) in [5.74, 6) is -1.46. The van der Waals surface area contributed by atoms with Crippen LogP contribution in [0.25, 0.3) is 0 Å². The molecular weight excluding hydrogens is 456 g/mol. The second kappa shape index (κ2) is 9.51. The fourth-order valence-electron chi connectivity index (χ4n) is 2.91. The van der Waals surface area contributed by atoms with Crippen LogP contribution in [0, 0.1) is 13.8 Å². The minimum atomic E-state index is -3.92. The Hall–Kier alpha value is -3.21. The highest BCUT2D eigenvalue weighted by Gasteiger charge is 2.22. The topological polar surface area (TPSA) is 133 Å². The smallest absolute Gasteiger partial charge is 0.343 e. The molecule has 1 amide bonds. The van der Waals surface area contributed by atoms with Gasteiger partial charge in [-0.3, -0.25) is 4.79 Å². The number of ether oxygens (including phenoxy) is 1. The van der Waals surface area contributed by atoms with E-state index in [-0.39, 0.29) is 21.3 Å². The van der Waals surface area contributed by atoms with Crippen LogP contribution in [-0.2, 0) is 26.1 Å². The van der Waals surface area contributed by atoms with Crippen LogP contribution in [0.15, 0.2) is 53.4 Å². The average molecular weight is 477 g/mol. The molecule has 0 fully saturated rings. The first kappa shape index (κ1) is 23.5. The summed E-state index contributed by atoms with van der Waals surface area (Å²) in [6.07, 6.45) is 0. The van der Waals surface area contributed by atoms with Crippen LogP contribution < -0.4 is 10.5 Å². The third kappa shape index (κ3) is 5.72. The molecule has 2 aromatic carbocycles. The van der Waals surface area contributed by atoms with Crippen LogP contribution in [0.3, 0.4) is 0 Å². The number of anilines is 1. The number of nitrogens with two attached hydrogens (primary N) is 1. The van der Waals surface area contributed by atoms with Crippen LogP contribution in [0.5, 0.6) is 0 Å². The number of carbonyl (C=O) groups excluding carboxylic acids is 2. The van der Waals surface area contributed by atoms with Crippen molar-refractivity contribution in [2.24, 2.45) is 5.14 Å². The van der Waals surface area contributed by atoms with Gasteiger partial charge in [-0.25, -0.2) is 23.0 Å². The lowest BCUT2D eigenvalue weighted by Crippen LogP contribution is -2.21. The minimum Gasteiger partial charge on any atom is -0.452 e. The van der Waals surface area contributed by atoms with Crippen molar-refractivity contribution in [3.8, 4) is 0 Å². The maximum Gasteiger partial charge on any atom is 0.343 e. The molecule has 0 bridgehead atoms. The molecule has 3 rings (SSSR count). The number of nitrogens with one attached hydrogen (secondary N) is 1. The lowest BCUT2D eigenvalue weighted by atomic mass is 10.1. The van der Waals surface area contributed by atoms with Crippen molar-refractivity contribution < 1.29 is 22.7 Å². The quantitative estimate of drug-likeness (QED) is 0.503. The number of halogens is 1. The molecule has 1 heterocycles. The molecule has 32 heavy (non-hydrogen) atoms. The summed E-state index contributed by atoms with van der Waals surface area (Å²) < 4.78 is 29.4. The van der Waals surface area contributed by atoms with Crippen LogP contribution >= 0.6 is 11.6 Å². The van der Waals surface area contributed by atoms with Gasteiger partial charge in [-0.2, -0.15) is 5.10 Å². The predicted octanol–water partition coefficient (Wildman–Crippen LogP) is 2.64. The Morgan fingerprint density at radius 2 is 1.84 bits per heavy atom. The number of aryl methyl sites for hydroxylation is 2. The van der Waals surface area contributed by atoms with E-state index in [0.29, 0.717) is 12.2 Å². The molecule has 11 heteroatoms. The summed E-state index contributed by atoms with van der Waals surface area (Å²) in [7, 11) is -3.92. The van der Waals surface area contributed by atoms with E-state index in [4.69, 9.17) is 21.5 Å². The van der Waals surface area contributed by atoms with Crippen molar-refractivity contribution in [2.45, 2.75) is 25.3 Å². The van der Waals surface area contributed by atoms with E-state index < -0.39 is 28.5 Å². The zero-order valence-corrected chi connectivity index (χ0v) is 18.9. The summed E-state index contributed by atoms with van der Waals surface area (Å²) in [4.78, 5) is 24.5. The van der Waals surface area contributed by atoms with Crippen LogP contribution in [0.1, 0.15) is 27.2 Å². The van der Waals surface area contributed by atoms with Gasteiger partial charge in [0.25, 0.3) is 5.91 Å². The van der Waals surface area contributed by atoms with Crippen LogP contribution in [-0.4, -0.2) is 36.7 Å². The van der Waals surface area contributed by atoms with Crippen molar-refractivity contribution >= 4 is 39.2 Å². The van der Waals surface area contributed by atoms with E-state index in [2.05, 4.69) is 10.4 Å². The molecule has 0 aliphatic heterocycles. The van der Waals surface area contributed by atoms with Crippen LogP contribution in [0.4, 0.5) is 5.69 Å². The summed E-state index contributed by atoms with van der Waals surface area (Å²) in [5.41, 5.74) is 2.71. The molecule has 0 saturated carbocycles. The maximum atomic E-state index is 12.5. The SMILES string of the molecule is Cc1ccc(Cn2nc(C)c(C(=O)OCC(=O)Nc3cccc(S(N)(=O)=O)c3)c2Cl)cc1. The number of amides is 1. The second-order valence-electron chi connectivity index (χ2n) is 7.09. The number of hydrogen-bond acceptors (Lipinski definition) is 6. The predicted molar refractivity (Wildman–Crippen MR) is 119 cm³/mol. The standard InChI is InChI=1S/C21H21ClN4O5S/c1-13-6-8-15(9-7-13)11-26-20(22)19(14(2)25-26)21(28)31-12-18(27)24-16-4-3-5-17(10-16)32(23,29)30/h3-10H,11-12H2,1-2H3,(H,24,27)(H2,23,29,30). The van der Waals surface area contributed by atoms with Crippen molar-refractivity contribution in [2.75, 3.05) is 11.9 Å². The van der Waals surface area contributed by atoms with Gasteiger partial charge in [0, 0.05) is 5.69 Å². The van der Waals surface area contributed by atoms with Crippen molar-refractivity contribution in [1.82, 2.24) is 9.78 Å². The molecule has 0 unspecified atom stereocenters. The van der Waals surface area contributed by atoms with E-state index in [9.17, 15) is 18.0 Å². The van der Waals surface area contributed by atoms with E-state index in [0.717, 1.165) is 11.1 Å². The molecule has 3 aromatic rings. The highest BCUT2D eigenvalue weighted by Crippen LogP contribution is 2.22. The molecule has 0 aliphatic carbocycles. The largest absolute Gasteiger partial charge is 0.452 e. The Morgan fingerprint density at radius 1 is 1.16 bits per heavy atom. The number of aromatic nitrogens is 2. The molecule has 0 spiro atoms. The maximum absolute atomic E-state index is 12.5. The van der Waals surface area contributed by atoms with Gasteiger partial charge >= 0.3 is 5.97 Å². The van der Waals surface area contributed by atoms with Gasteiger partial charge < -0.3 is 10.1 Å². The second-order valence-corrected chi connectivity index (χ2v) is 9.01. The van der Waals surface area contributed by atoms with Gasteiger partial charge in [0.05, 0.1) is 17.1 Å². The Balaban J connectivity index is 1.64. The molecule has 3 N–H and O–H groups in total. The number of nitrogens with zero attached hydrogens (tertiary/aromatic N) is 2. The van der Waals surface area contributed by atoms with E-state index in [1.54, 1.807) is 6.92 Å². The summed E-state index contributed by atoms with van der Waals surface area (Å²) in [5, 5.41) is 11.9. The molecule has 9 nitrogen and oxygen atoms in total. The highest BCUT2D eigenvalue weighted by molar-refractivity contribution is 7.89. The number of primary sulfonamides is 1. The Bertz CT molecular complexity index is 1270. The van der Waals surface area contributed by atoms with Gasteiger partial charge in [-0.15, -0.1) is 0 Å². The number of rotatable bonds is 7. The summed E-state index contributed by atoms with van der Waals surface area (Å²) in [6.45, 7) is 3.37. The molecule has 0 saturated heterocycles. The fourth-order valence-corrected chi connectivity index (χ4v) is 3.78. The first-order valence-electron chi connectivity index (χ1n) is 9.43. The van der Waals surface area contributed by atoms with Crippen molar-refractivity contribution in [1.29, 1.82) is 0 Å². The zero-order chi connectivity index (χ0) is 23.5. The number of sulfonamides is 1. The number of benzene rings is 2. The average Bonchev–Trinajstić information content (AvgIpc) is 3.00. The fraction of sp³-hybridized carbons (Fsp3) is 0.190. The minimum absolute atomic E-state index is 0.0720. The van der Waals surface area contributed by atoms with Gasteiger partial charge in [0.1, 0.15) is 10.7 Å². The Labute approximate surface area is 190 Å². The lowest BCUT2D eigenvalue weighted by molar-refractivity contribution is -0.119. The van der Waals surface area contributed by atoms with Gasteiger partial charge in [0.2, 0.25) is 10.0 Å². The lowest BCUT2D eigenvalue weighted by Gasteiger charge is -2.08. The third-order valence-electron chi connectivity index (χ3n) is 4.50. The van der Waals surface area contributed by atoms with Gasteiger partial charge in [0.15, 0.2) is 6.61 Å². The normalized spacial score (nSPS) is 11.2. The monoisotopic (exact) mass is 476 g/mol. The number of carbonyl (C=O) groups is 2. The summed E-state index contributed by atoms with van der Waals surface area (Å²) in [6, 6.07) is 13.2. The van der Waals surface area contributed by atoms with E-state index >= 15 is 0 Å². The van der Waals surface area contributed by atoms with Gasteiger partial charge in [-0.05, 0) is 37.6 Å². The first-order chi connectivity index (χ1) is 15.0. The molecule has 1 aromatic heterocycles. The number of esters is 1. The first-order valence-corrected chi connectivity index (χ1v) is 11.4. The summed E-state index contributed by atoms with van der Waals surface area (Å²) >= 11 is 6.34. The third-order valence-corrected chi connectivity index (χ3v) is 5.80. The van der Waals surface area contributed by atoms with Crippen LogP contribution in [0.2, 0.25) is 5.15 Å². The zero-order valence-electron chi connectivity index (χ0n) is 17.3. The van der Waals surface area contributed by atoms with E-state index in [1.165, 1.54) is 28.9 Å². The van der Waals surface area contributed by atoms with Crippen molar-refractivity contribution in [3.05, 3.63) is 76.1 Å². The molecule has 0 atom stereocenters. The molecule has 168 valence electrons.